The van der Waals surface area contributed by atoms with Gasteiger partial charge in [-0.15, -0.1) is 0 Å². The molecule has 0 fully saturated rings. The topological polar surface area (TPSA) is 38.1 Å². The Morgan fingerprint density at radius 2 is 1.71 bits per heavy atom. The van der Waals surface area contributed by atoms with Gasteiger partial charge in [-0.25, -0.2) is 14.3 Å². The average molecular weight is 279 g/mol. The highest BCUT2D eigenvalue weighted by Crippen LogP contribution is 2.19. The van der Waals surface area contributed by atoms with E-state index in [1.165, 1.54) is 0 Å². The van der Waals surface area contributed by atoms with Crippen LogP contribution >= 0.6 is 0 Å². The molecular weight excluding hydrogens is 262 g/mol. The zero-order valence-electron chi connectivity index (χ0n) is 12.2. The molecule has 21 heavy (non-hydrogen) atoms. The van der Waals surface area contributed by atoms with E-state index in [4.69, 9.17) is 0 Å². The summed E-state index contributed by atoms with van der Waals surface area (Å²) < 4.78 is 1.70. The fraction of sp³-hybridized carbons (Fsp3) is 0.176. The molecule has 4 nitrogen and oxygen atoms in total. The molecule has 1 aromatic heterocycles. The second-order valence-electron chi connectivity index (χ2n) is 5.19. The highest BCUT2D eigenvalue weighted by Gasteiger charge is 2.17. The number of rotatable bonds is 2. The molecule has 1 amide bonds. The van der Waals surface area contributed by atoms with Crippen LogP contribution in [0.4, 0.5) is 4.79 Å². The molecule has 1 heterocycles. The summed E-state index contributed by atoms with van der Waals surface area (Å²) in [4.78, 5) is 18.7. The number of aromatic nitrogens is 2. The van der Waals surface area contributed by atoms with E-state index >= 15 is 0 Å². The summed E-state index contributed by atoms with van der Waals surface area (Å²) in [5.74, 6) is 0.765. The molecule has 0 aliphatic carbocycles. The Balaban J connectivity index is 2.13. The molecule has 0 atom stereocenters. The van der Waals surface area contributed by atoms with Gasteiger partial charge in [0, 0.05) is 20.5 Å². The minimum Gasteiger partial charge on any atom is -0.330 e. The third-order valence-corrected chi connectivity index (χ3v) is 3.41. The summed E-state index contributed by atoms with van der Waals surface area (Å²) >= 11 is 0. The molecule has 0 saturated heterocycles. The van der Waals surface area contributed by atoms with Crippen molar-refractivity contribution in [2.75, 3.05) is 14.1 Å². The summed E-state index contributed by atoms with van der Waals surface area (Å²) in [5.41, 5.74) is 2.83. The normalized spacial score (nSPS) is 10.8. The van der Waals surface area contributed by atoms with E-state index in [1.807, 2.05) is 54.6 Å². The zero-order chi connectivity index (χ0) is 14.8. The van der Waals surface area contributed by atoms with Crippen molar-refractivity contribution >= 4 is 17.1 Å². The molecule has 106 valence electrons. The van der Waals surface area contributed by atoms with E-state index < -0.39 is 0 Å². The van der Waals surface area contributed by atoms with Crippen LogP contribution in [0.25, 0.3) is 11.0 Å². The molecule has 0 spiro atoms. The van der Waals surface area contributed by atoms with Crippen molar-refractivity contribution in [1.29, 1.82) is 0 Å². The summed E-state index contributed by atoms with van der Waals surface area (Å²) in [6.45, 7) is 0. The van der Waals surface area contributed by atoms with Crippen molar-refractivity contribution in [3.05, 3.63) is 66.0 Å². The Labute approximate surface area is 123 Å². The first kappa shape index (κ1) is 13.4. The fourth-order valence-corrected chi connectivity index (χ4v) is 2.39. The van der Waals surface area contributed by atoms with E-state index in [-0.39, 0.29) is 6.03 Å². The summed E-state index contributed by atoms with van der Waals surface area (Å²) in [6, 6.07) is 17.7. The number of nitrogens with zero attached hydrogens (tertiary/aromatic N) is 3. The van der Waals surface area contributed by atoms with Gasteiger partial charge in [-0.1, -0.05) is 42.5 Å². The van der Waals surface area contributed by atoms with Crippen LogP contribution in [0.5, 0.6) is 0 Å². The van der Waals surface area contributed by atoms with Crippen LogP contribution in [-0.2, 0) is 6.42 Å². The third-order valence-electron chi connectivity index (χ3n) is 3.41. The van der Waals surface area contributed by atoms with Gasteiger partial charge in [0.25, 0.3) is 0 Å². The number of imidazole rings is 1. The monoisotopic (exact) mass is 279 g/mol. The van der Waals surface area contributed by atoms with Crippen molar-refractivity contribution in [2.24, 2.45) is 0 Å². The van der Waals surface area contributed by atoms with Gasteiger partial charge in [0.2, 0.25) is 0 Å². The highest BCUT2D eigenvalue weighted by atomic mass is 16.2. The standard InChI is InChI=1S/C17H17N3O/c1-19(2)17(21)20-15-11-7-6-10-14(15)18-16(20)12-13-8-4-3-5-9-13/h3-11H,12H2,1-2H3. The molecule has 0 aliphatic rings. The number of para-hydroxylation sites is 2. The number of carbonyl (C=O) groups is 1. The van der Waals surface area contributed by atoms with Gasteiger partial charge >= 0.3 is 6.03 Å². The Bertz CT molecular complexity index is 775. The summed E-state index contributed by atoms with van der Waals surface area (Å²) in [5, 5.41) is 0. The molecule has 2 aromatic carbocycles. The maximum Gasteiger partial charge on any atom is 0.329 e. The van der Waals surface area contributed by atoms with Crippen molar-refractivity contribution in [3.8, 4) is 0 Å². The number of hydrogen-bond acceptors (Lipinski definition) is 2. The quantitative estimate of drug-likeness (QED) is 0.722. The second kappa shape index (κ2) is 5.40. The van der Waals surface area contributed by atoms with Crippen LogP contribution in [0.1, 0.15) is 11.4 Å². The molecule has 0 N–H and O–H groups in total. The van der Waals surface area contributed by atoms with Crippen molar-refractivity contribution in [1.82, 2.24) is 14.5 Å². The molecular formula is C17H17N3O. The van der Waals surface area contributed by atoms with Gasteiger partial charge in [-0.3, -0.25) is 0 Å². The van der Waals surface area contributed by atoms with Gasteiger partial charge in [0.05, 0.1) is 11.0 Å². The minimum atomic E-state index is -0.0744. The smallest absolute Gasteiger partial charge is 0.329 e. The van der Waals surface area contributed by atoms with E-state index in [1.54, 1.807) is 23.6 Å². The van der Waals surface area contributed by atoms with Crippen LogP contribution < -0.4 is 0 Å². The Hall–Kier alpha value is -2.62. The predicted octanol–water partition coefficient (Wildman–Crippen LogP) is 3.16. The predicted molar refractivity (Wildman–Crippen MR) is 83.5 cm³/mol. The maximum absolute atomic E-state index is 12.5. The van der Waals surface area contributed by atoms with Crippen molar-refractivity contribution in [3.63, 3.8) is 0 Å². The number of carbonyl (C=O) groups excluding carboxylic acids is 1. The van der Waals surface area contributed by atoms with Crippen LogP contribution in [-0.4, -0.2) is 34.6 Å². The largest absolute Gasteiger partial charge is 0.330 e. The van der Waals surface area contributed by atoms with E-state index in [9.17, 15) is 4.79 Å². The fourth-order valence-electron chi connectivity index (χ4n) is 2.39. The number of fused-ring (bicyclic) bond motifs is 1. The second-order valence-corrected chi connectivity index (χ2v) is 5.19. The first-order valence-corrected chi connectivity index (χ1v) is 6.89. The molecule has 0 aliphatic heterocycles. The molecule has 4 heteroatoms. The van der Waals surface area contributed by atoms with Gasteiger partial charge in [0.1, 0.15) is 5.82 Å². The third kappa shape index (κ3) is 2.52. The van der Waals surface area contributed by atoms with Crippen molar-refractivity contribution < 1.29 is 4.79 Å². The molecule has 0 radical (unpaired) electrons. The number of benzene rings is 2. The highest BCUT2D eigenvalue weighted by molar-refractivity contribution is 5.90. The van der Waals surface area contributed by atoms with Crippen LogP contribution in [0, 0.1) is 0 Å². The Morgan fingerprint density at radius 3 is 2.43 bits per heavy atom. The van der Waals surface area contributed by atoms with E-state index in [0.717, 1.165) is 22.4 Å². The average Bonchev–Trinajstić information content (AvgIpc) is 2.85. The molecule has 3 rings (SSSR count). The van der Waals surface area contributed by atoms with Crippen LogP contribution in [0.3, 0.4) is 0 Å². The SMILES string of the molecule is CN(C)C(=O)n1c(Cc2ccccc2)nc2ccccc21. The summed E-state index contributed by atoms with van der Waals surface area (Å²) in [6.07, 6.45) is 0.634. The lowest BCUT2D eigenvalue weighted by atomic mass is 10.1. The first-order chi connectivity index (χ1) is 10.2. The van der Waals surface area contributed by atoms with E-state index in [0.29, 0.717) is 6.42 Å². The Kier molecular flexibility index (Phi) is 3.44. The zero-order valence-corrected chi connectivity index (χ0v) is 12.2. The molecule has 0 saturated carbocycles. The maximum atomic E-state index is 12.5. The summed E-state index contributed by atoms with van der Waals surface area (Å²) in [7, 11) is 3.51. The number of amides is 1. The minimum absolute atomic E-state index is 0.0744. The lowest BCUT2D eigenvalue weighted by Crippen LogP contribution is -2.28. The lowest BCUT2D eigenvalue weighted by Gasteiger charge is -2.14. The van der Waals surface area contributed by atoms with Crippen LogP contribution in [0.2, 0.25) is 0 Å². The van der Waals surface area contributed by atoms with Gasteiger partial charge in [-0.2, -0.15) is 0 Å². The first-order valence-electron chi connectivity index (χ1n) is 6.89. The van der Waals surface area contributed by atoms with E-state index in [2.05, 4.69) is 4.98 Å². The van der Waals surface area contributed by atoms with Gasteiger partial charge in [0.15, 0.2) is 0 Å². The van der Waals surface area contributed by atoms with Gasteiger partial charge in [-0.05, 0) is 17.7 Å². The molecule has 0 bridgehead atoms. The number of hydrogen-bond donors (Lipinski definition) is 0. The lowest BCUT2D eigenvalue weighted by molar-refractivity contribution is 0.219. The van der Waals surface area contributed by atoms with Gasteiger partial charge < -0.3 is 4.90 Å². The molecule has 3 aromatic rings. The molecule has 0 unspecified atom stereocenters. The van der Waals surface area contributed by atoms with Crippen molar-refractivity contribution in [2.45, 2.75) is 6.42 Å². The van der Waals surface area contributed by atoms with Crippen LogP contribution in [0.15, 0.2) is 54.6 Å². The Morgan fingerprint density at radius 1 is 1.05 bits per heavy atom.